The van der Waals surface area contributed by atoms with Crippen LogP contribution in [0.5, 0.6) is 0 Å². The number of nitrogen functional groups attached to an aromatic ring is 1. The van der Waals surface area contributed by atoms with Gasteiger partial charge in [0.2, 0.25) is 10.4 Å². The number of hydrogen-bond donors (Lipinski definition) is 4. The van der Waals surface area contributed by atoms with Crippen LogP contribution in [0.25, 0.3) is 0 Å². The molecule has 4 heterocycles. The third-order valence-corrected chi connectivity index (χ3v) is 8.22. The first-order valence-electron chi connectivity index (χ1n) is 12.8. The van der Waals surface area contributed by atoms with E-state index in [-0.39, 0.29) is 46.5 Å². The second kappa shape index (κ2) is 13.7. The number of ether oxygens (including phenoxy) is 1. The summed E-state index contributed by atoms with van der Waals surface area (Å²) >= 11 is 2.56. The molecule has 0 aromatic carbocycles. The van der Waals surface area contributed by atoms with Crippen LogP contribution in [0.15, 0.2) is 51.4 Å². The van der Waals surface area contributed by atoms with Crippen LogP contribution in [-0.4, -0.2) is 86.6 Å². The van der Waals surface area contributed by atoms with Gasteiger partial charge in [-0.25, -0.2) is 22.8 Å². The summed E-state index contributed by atoms with van der Waals surface area (Å²) in [4.78, 5) is 50.2. The minimum atomic E-state index is -4.92. The summed E-state index contributed by atoms with van der Waals surface area (Å²) in [6.45, 7) is 0.0435. The van der Waals surface area contributed by atoms with Crippen molar-refractivity contribution >= 4 is 62.1 Å². The van der Waals surface area contributed by atoms with Crippen LogP contribution in [0.2, 0.25) is 0 Å². The van der Waals surface area contributed by atoms with Gasteiger partial charge in [0.25, 0.3) is 11.8 Å². The third-order valence-electron chi connectivity index (χ3n) is 6.54. The van der Waals surface area contributed by atoms with Crippen LogP contribution in [0.4, 0.5) is 5.13 Å². The number of rotatable bonds is 9. The Hall–Kier alpha value is -3.78. The zero-order valence-electron chi connectivity index (χ0n) is 22.6. The topological polar surface area (TPSA) is 238 Å². The van der Waals surface area contributed by atoms with Crippen molar-refractivity contribution in [1.82, 2.24) is 15.2 Å². The molecule has 43 heavy (non-hydrogen) atoms. The Labute approximate surface area is 254 Å². The number of nitrogens with zero attached hydrogens (tertiary/aromatic N) is 4. The van der Waals surface area contributed by atoms with Gasteiger partial charge in [-0.3, -0.25) is 19.0 Å². The predicted molar refractivity (Wildman–Crippen MR) is 150 cm³/mol. The zero-order chi connectivity index (χ0) is 31.3. The molecule has 1 saturated heterocycles. The van der Waals surface area contributed by atoms with Gasteiger partial charge in [0.1, 0.15) is 43.3 Å². The normalized spacial score (nSPS) is 20.4. The lowest BCUT2D eigenvalue weighted by Crippen LogP contribution is -2.73. The number of hydrogen-bond acceptors (Lipinski definition) is 13. The number of aromatic nitrogens is 2. The SMILES string of the molecule is C[n+]1ccc(SCC2=C(C(=O)O)N3C(=O)[C@@H](NC(=O)/C(=N/OC4CCCC4)c4csc(N)n4)[C@H]3CO2)cc1.O=S(=O)([O-])O. The molecule has 1 aliphatic carbocycles. The first kappa shape index (κ1) is 32.1. The molecular formula is C24H28N6O10S3. The summed E-state index contributed by atoms with van der Waals surface area (Å²) in [5.74, 6) is -2.02. The van der Waals surface area contributed by atoms with E-state index in [9.17, 15) is 19.5 Å². The van der Waals surface area contributed by atoms with Crippen molar-refractivity contribution in [3.8, 4) is 0 Å². The standard InChI is InChI=1S/C24H26N6O6S2.H2O4S/c1-29-8-6-14(7-9-29)37-12-17-20(23(33)34)30-16(10-35-17)19(22(30)32)27-21(31)18(15-11-38-24(25)26-15)28-36-13-4-2-3-5-13;1-5(2,3)4/h6-9,11,13,16,19H,2-5,10,12H2,1H3,(H3-,25,26,27,31,33,34);(H2,1,2,3,4)/b28-18+;/t16-,19+;/m1./s1. The summed E-state index contributed by atoms with van der Waals surface area (Å²) in [6.07, 6.45) is 7.44. The fourth-order valence-electron chi connectivity index (χ4n) is 4.53. The van der Waals surface area contributed by atoms with Crippen molar-refractivity contribution in [2.45, 2.75) is 48.8 Å². The third kappa shape index (κ3) is 8.41. The molecule has 19 heteroatoms. The van der Waals surface area contributed by atoms with Crippen molar-refractivity contribution < 1.29 is 51.2 Å². The van der Waals surface area contributed by atoms with Crippen molar-refractivity contribution in [3.63, 3.8) is 0 Å². The second-order valence-corrected chi connectivity index (χ2v) is 12.3. The number of thiazole rings is 1. The molecule has 0 unspecified atom stereocenters. The Morgan fingerprint density at radius 3 is 2.58 bits per heavy atom. The number of anilines is 1. The van der Waals surface area contributed by atoms with Crippen molar-refractivity contribution in [2.24, 2.45) is 12.2 Å². The van der Waals surface area contributed by atoms with Crippen LogP contribution >= 0.6 is 23.1 Å². The Morgan fingerprint density at radius 1 is 1.35 bits per heavy atom. The van der Waals surface area contributed by atoms with Gasteiger partial charge in [-0.05, 0) is 25.7 Å². The minimum absolute atomic E-state index is 0.0435. The van der Waals surface area contributed by atoms with Crippen LogP contribution in [0, 0.1) is 0 Å². The molecule has 0 bridgehead atoms. The van der Waals surface area contributed by atoms with E-state index in [1.165, 1.54) is 16.7 Å². The highest BCUT2D eigenvalue weighted by Crippen LogP contribution is 2.35. The van der Waals surface area contributed by atoms with Gasteiger partial charge in [0.05, 0.1) is 5.75 Å². The molecule has 2 aromatic heterocycles. The first-order valence-corrected chi connectivity index (χ1v) is 16.0. The first-order chi connectivity index (χ1) is 20.3. The molecule has 16 nitrogen and oxygen atoms in total. The van der Waals surface area contributed by atoms with Crippen LogP contribution in [-0.2, 0) is 41.4 Å². The zero-order valence-corrected chi connectivity index (χ0v) is 25.1. The van der Waals surface area contributed by atoms with Crippen molar-refractivity contribution in [1.29, 1.82) is 0 Å². The van der Waals surface area contributed by atoms with Crippen LogP contribution < -0.4 is 15.6 Å². The molecule has 2 aromatic rings. The smallest absolute Gasteiger partial charge is 0.356 e. The molecule has 5 rings (SSSR count). The van der Waals surface area contributed by atoms with E-state index in [1.54, 1.807) is 5.38 Å². The van der Waals surface area contributed by atoms with Crippen LogP contribution in [0.3, 0.4) is 0 Å². The maximum Gasteiger partial charge on any atom is 0.356 e. The van der Waals surface area contributed by atoms with E-state index >= 15 is 0 Å². The number of aryl methyl sites for hydroxylation is 1. The molecule has 1 saturated carbocycles. The Balaban J connectivity index is 0.000000782. The number of nitrogens with two attached hydrogens (primary N) is 1. The summed E-state index contributed by atoms with van der Waals surface area (Å²) in [7, 11) is -3.02. The number of carboxylic acids is 1. The lowest BCUT2D eigenvalue weighted by Gasteiger charge is -2.49. The van der Waals surface area contributed by atoms with E-state index in [0.29, 0.717) is 0 Å². The molecule has 3 aliphatic rings. The summed E-state index contributed by atoms with van der Waals surface area (Å²) in [5.41, 5.74) is 5.69. The van der Waals surface area contributed by atoms with Gasteiger partial charge in [-0.2, -0.15) is 0 Å². The van der Waals surface area contributed by atoms with Crippen molar-refractivity contribution in [2.75, 3.05) is 18.1 Å². The van der Waals surface area contributed by atoms with Gasteiger partial charge in [-0.15, -0.1) is 23.1 Å². The van der Waals surface area contributed by atoms with E-state index < -0.39 is 40.3 Å². The molecular weight excluding hydrogens is 628 g/mol. The van der Waals surface area contributed by atoms with Gasteiger partial charge >= 0.3 is 5.97 Å². The van der Waals surface area contributed by atoms with Crippen molar-refractivity contribution in [3.05, 3.63) is 47.1 Å². The quantitative estimate of drug-likeness (QED) is 0.0531. The maximum absolute atomic E-state index is 13.2. The Bertz CT molecular complexity index is 1530. The molecule has 2 amide bonds. The number of carboxylic acid groups (broad SMARTS) is 1. The van der Waals surface area contributed by atoms with Gasteiger partial charge in [0.15, 0.2) is 28.9 Å². The second-order valence-electron chi connectivity index (χ2n) is 9.55. The number of carbonyl (C=O) groups is 3. The Morgan fingerprint density at radius 2 is 2.00 bits per heavy atom. The summed E-state index contributed by atoms with van der Waals surface area (Å²) in [6, 6.07) is 2.17. The fraction of sp³-hybridized carbons (Fsp3) is 0.417. The van der Waals surface area contributed by atoms with E-state index in [0.717, 1.165) is 41.9 Å². The number of fused-ring (bicyclic) bond motifs is 1. The largest absolute Gasteiger partial charge is 0.726 e. The Kier molecular flexibility index (Phi) is 10.2. The number of nitrogens with one attached hydrogen (secondary N) is 1. The number of amides is 2. The number of aliphatic carboxylic acids is 1. The minimum Gasteiger partial charge on any atom is -0.726 e. The number of β-lactam (4-membered cyclic amide) rings is 1. The summed E-state index contributed by atoms with van der Waals surface area (Å²) in [5, 5.41) is 18.5. The lowest BCUT2D eigenvalue weighted by molar-refractivity contribution is -0.671. The highest BCUT2D eigenvalue weighted by Gasteiger charge is 2.55. The molecule has 2 aliphatic heterocycles. The highest BCUT2D eigenvalue weighted by molar-refractivity contribution is 7.99. The fourth-order valence-corrected chi connectivity index (χ4v) is 5.91. The van der Waals surface area contributed by atoms with Gasteiger partial charge in [0, 0.05) is 22.4 Å². The number of thioether (sulfide) groups is 1. The molecule has 0 spiro atoms. The van der Waals surface area contributed by atoms with E-state index in [1.807, 2.05) is 36.1 Å². The number of oxime groups is 1. The molecule has 2 fully saturated rings. The monoisotopic (exact) mass is 656 g/mol. The van der Waals surface area contributed by atoms with E-state index in [4.69, 9.17) is 32.8 Å². The average molecular weight is 657 g/mol. The predicted octanol–water partition coefficient (Wildman–Crippen LogP) is 0.0320. The molecule has 2 atom stereocenters. The molecule has 0 radical (unpaired) electrons. The molecule has 5 N–H and O–H groups in total. The summed E-state index contributed by atoms with van der Waals surface area (Å²) < 4.78 is 40.5. The van der Waals surface area contributed by atoms with E-state index in [2.05, 4.69) is 15.5 Å². The maximum atomic E-state index is 13.2. The number of carbonyl (C=O) groups excluding carboxylic acids is 2. The van der Waals surface area contributed by atoms with Gasteiger partial charge < -0.3 is 30.3 Å². The van der Waals surface area contributed by atoms with Crippen LogP contribution in [0.1, 0.15) is 31.4 Å². The van der Waals surface area contributed by atoms with Gasteiger partial charge in [-0.1, -0.05) is 5.16 Å². The lowest BCUT2D eigenvalue weighted by atomic mass is 9.92. The average Bonchev–Trinajstić information content (AvgIpc) is 3.62. The number of pyridine rings is 1. The highest BCUT2D eigenvalue weighted by atomic mass is 32.3. The molecule has 232 valence electrons.